The molecule has 0 aliphatic carbocycles. The summed E-state index contributed by atoms with van der Waals surface area (Å²) in [5.74, 6) is -0.0000742. The Balaban J connectivity index is 2.24. The van der Waals surface area contributed by atoms with Gasteiger partial charge in [-0.3, -0.25) is 14.9 Å². The highest BCUT2D eigenvalue weighted by Gasteiger charge is 2.15. The lowest BCUT2D eigenvalue weighted by molar-refractivity contribution is -0.385. The van der Waals surface area contributed by atoms with Gasteiger partial charge in [-0.15, -0.1) is 0 Å². The fraction of sp³-hybridized carbons (Fsp3) is 0.0714. The van der Waals surface area contributed by atoms with Crippen molar-refractivity contribution < 1.29 is 14.5 Å². The number of hydrogen-bond acceptors (Lipinski definition) is 6. The molecule has 0 unspecified atom stereocenters. The van der Waals surface area contributed by atoms with Gasteiger partial charge in [-0.05, 0) is 29.8 Å². The van der Waals surface area contributed by atoms with Gasteiger partial charge in [0.05, 0.1) is 4.92 Å². The van der Waals surface area contributed by atoms with Crippen LogP contribution in [0.3, 0.4) is 0 Å². The van der Waals surface area contributed by atoms with E-state index in [0.29, 0.717) is 11.8 Å². The molecule has 0 bridgehead atoms. The first-order valence-corrected chi connectivity index (χ1v) is 5.85. The molecule has 1 aromatic carbocycles. The Labute approximate surface area is 119 Å². The van der Waals surface area contributed by atoms with E-state index in [9.17, 15) is 14.9 Å². The van der Waals surface area contributed by atoms with Crippen LogP contribution in [0.15, 0.2) is 36.5 Å². The average molecular weight is 283 g/mol. The van der Waals surface area contributed by atoms with Crippen LogP contribution in [0.5, 0.6) is 5.75 Å². The number of benzene rings is 1. The summed E-state index contributed by atoms with van der Waals surface area (Å²) in [4.78, 5) is 24.9. The molecule has 0 saturated heterocycles. The van der Waals surface area contributed by atoms with Crippen LogP contribution in [-0.4, -0.2) is 16.2 Å². The number of hydrogen-bond donors (Lipinski definition) is 0. The second-order valence-electron chi connectivity index (χ2n) is 4.05. The molecule has 0 amide bonds. The number of nitro benzene ring substituents is 1. The Kier molecular flexibility index (Phi) is 4.21. The monoisotopic (exact) mass is 283 g/mol. The molecule has 0 saturated carbocycles. The van der Waals surface area contributed by atoms with E-state index in [-0.39, 0.29) is 29.3 Å². The number of carbonyl (C=O) groups excluding carboxylic acids is 1. The van der Waals surface area contributed by atoms with Crippen molar-refractivity contribution in [3.63, 3.8) is 0 Å². The number of aldehydes is 1. The highest BCUT2D eigenvalue weighted by atomic mass is 16.6. The quantitative estimate of drug-likeness (QED) is 0.473. The van der Waals surface area contributed by atoms with E-state index in [2.05, 4.69) is 4.98 Å². The zero-order chi connectivity index (χ0) is 15.2. The molecule has 0 N–H and O–H groups in total. The van der Waals surface area contributed by atoms with Gasteiger partial charge in [-0.1, -0.05) is 0 Å². The van der Waals surface area contributed by atoms with Crippen LogP contribution in [0.2, 0.25) is 0 Å². The largest absolute Gasteiger partial charge is 0.482 e. The Hall–Kier alpha value is -3.27. The van der Waals surface area contributed by atoms with Gasteiger partial charge in [0.25, 0.3) is 0 Å². The SMILES string of the molecule is N#Cc1cc(COc2cc(C=O)ccc2[N+](=O)[O-])ccn1. The molecule has 2 aromatic rings. The molecule has 0 aliphatic rings. The summed E-state index contributed by atoms with van der Waals surface area (Å²) in [5.41, 5.74) is 0.929. The van der Waals surface area contributed by atoms with E-state index >= 15 is 0 Å². The van der Waals surface area contributed by atoms with E-state index in [0.717, 1.165) is 0 Å². The summed E-state index contributed by atoms with van der Waals surface area (Å²) in [6.45, 7) is 0.0281. The molecule has 0 radical (unpaired) electrons. The first-order chi connectivity index (χ1) is 10.1. The van der Waals surface area contributed by atoms with Gasteiger partial charge in [0.1, 0.15) is 24.7 Å². The maximum absolute atomic E-state index is 10.9. The number of nitriles is 1. The minimum Gasteiger partial charge on any atom is -0.482 e. The fourth-order valence-electron chi connectivity index (χ4n) is 1.66. The van der Waals surface area contributed by atoms with Gasteiger partial charge < -0.3 is 4.74 Å². The number of rotatable bonds is 5. The minimum atomic E-state index is -0.586. The second kappa shape index (κ2) is 6.25. The normalized spacial score (nSPS) is 9.67. The highest BCUT2D eigenvalue weighted by molar-refractivity contribution is 5.76. The van der Waals surface area contributed by atoms with E-state index < -0.39 is 4.92 Å². The highest BCUT2D eigenvalue weighted by Crippen LogP contribution is 2.28. The third-order valence-corrected chi connectivity index (χ3v) is 2.65. The third-order valence-electron chi connectivity index (χ3n) is 2.65. The summed E-state index contributed by atoms with van der Waals surface area (Å²) < 4.78 is 5.39. The van der Waals surface area contributed by atoms with Gasteiger partial charge in [-0.2, -0.15) is 5.26 Å². The van der Waals surface area contributed by atoms with Crippen molar-refractivity contribution in [3.05, 3.63) is 63.5 Å². The first kappa shape index (κ1) is 14.1. The lowest BCUT2D eigenvalue weighted by atomic mass is 10.2. The van der Waals surface area contributed by atoms with E-state index in [1.165, 1.54) is 30.5 Å². The smallest absolute Gasteiger partial charge is 0.310 e. The van der Waals surface area contributed by atoms with Gasteiger partial charge >= 0.3 is 5.69 Å². The molecule has 104 valence electrons. The van der Waals surface area contributed by atoms with Crippen LogP contribution in [0.25, 0.3) is 0 Å². The predicted molar refractivity (Wildman–Crippen MR) is 71.8 cm³/mol. The topological polar surface area (TPSA) is 106 Å². The van der Waals surface area contributed by atoms with Gasteiger partial charge in [0.15, 0.2) is 5.75 Å². The molecule has 0 fully saturated rings. The maximum Gasteiger partial charge on any atom is 0.310 e. The van der Waals surface area contributed by atoms with Crippen molar-refractivity contribution in [1.82, 2.24) is 4.98 Å². The maximum atomic E-state index is 10.9. The van der Waals surface area contributed by atoms with Crippen molar-refractivity contribution in [2.24, 2.45) is 0 Å². The first-order valence-electron chi connectivity index (χ1n) is 5.85. The lowest BCUT2D eigenvalue weighted by Gasteiger charge is -2.07. The minimum absolute atomic E-state index is 0.0000742. The van der Waals surface area contributed by atoms with Crippen LogP contribution in [0.4, 0.5) is 5.69 Å². The van der Waals surface area contributed by atoms with Crippen LogP contribution >= 0.6 is 0 Å². The van der Waals surface area contributed by atoms with Gasteiger partial charge in [0.2, 0.25) is 0 Å². The predicted octanol–water partition coefficient (Wildman–Crippen LogP) is 2.25. The van der Waals surface area contributed by atoms with E-state index in [1.807, 2.05) is 6.07 Å². The van der Waals surface area contributed by atoms with Crippen molar-refractivity contribution in [1.29, 1.82) is 5.26 Å². The van der Waals surface area contributed by atoms with Crippen molar-refractivity contribution in [2.45, 2.75) is 6.61 Å². The lowest BCUT2D eigenvalue weighted by Crippen LogP contribution is -2.00. The molecule has 0 atom stereocenters. The molecule has 0 aliphatic heterocycles. The molecule has 1 heterocycles. The van der Waals surface area contributed by atoms with Crippen molar-refractivity contribution in [2.75, 3.05) is 0 Å². The van der Waals surface area contributed by atoms with Crippen molar-refractivity contribution in [3.8, 4) is 11.8 Å². The Bertz CT molecular complexity index is 737. The molecule has 7 heteroatoms. The molecular weight excluding hydrogens is 274 g/mol. The number of aromatic nitrogens is 1. The molecule has 21 heavy (non-hydrogen) atoms. The van der Waals surface area contributed by atoms with Crippen LogP contribution in [0, 0.1) is 21.4 Å². The number of pyridine rings is 1. The zero-order valence-corrected chi connectivity index (χ0v) is 10.7. The standard InChI is InChI=1S/C14H9N3O4/c15-7-12-5-11(3-4-16-12)9-21-14-6-10(8-18)1-2-13(14)17(19)20/h1-6,8H,9H2. The fourth-order valence-corrected chi connectivity index (χ4v) is 1.66. The Morgan fingerprint density at radius 2 is 2.19 bits per heavy atom. The second-order valence-corrected chi connectivity index (χ2v) is 4.05. The Morgan fingerprint density at radius 1 is 1.38 bits per heavy atom. The average Bonchev–Trinajstić information content (AvgIpc) is 2.52. The van der Waals surface area contributed by atoms with Crippen molar-refractivity contribution >= 4 is 12.0 Å². The Morgan fingerprint density at radius 3 is 2.86 bits per heavy atom. The van der Waals surface area contributed by atoms with Crippen LogP contribution < -0.4 is 4.74 Å². The molecule has 7 nitrogen and oxygen atoms in total. The number of nitro groups is 1. The number of nitrogens with zero attached hydrogens (tertiary/aromatic N) is 3. The molecule has 1 aromatic heterocycles. The third kappa shape index (κ3) is 3.39. The number of ether oxygens (including phenoxy) is 1. The number of carbonyl (C=O) groups is 1. The van der Waals surface area contributed by atoms with E-state index in [1.54, 1.807) is 6.07 Å². The van der Waals surface area contributed by atoms with E-state index in [4.69, 9.17) is 10.00 Å². The van der Waals surface area contributed by atoms with Gasteiger partial charge in [0, 0.05) is 17.8 Å². The van der Waals surface area contributed by atoms with Crippen LogP contribution in [0.1, 0.15) is 21.6 Å². The summed E-state index contributed by atoms with van der Waals surface area (Å²) in [5, 5.41) is 19.7. The summed E-state index contributed by atoms with van der Waals surface area (Å²) in [7, 11) is 0. The molecular formula is C14H9N3O4. The zero-order valence-electron chi connectivity index (χ0n) is 10.7. The summed E-state index contributed by atoms with van der Waals surface area (Å²) in [6, 6.07) is 8.91. The van der Waals surface area contributed by atoms with Gasteiger partial charge in [-0.25, -0.2) is 4.98 Å². The molecule has 2 rings (SSSR count). The summed E-state index contributed by atoms with van der Waals surface area (Å²) in [6.07, 6.45) is 2.03. The van der Waals surface area contributed by atoms with Crippen LogP contribution in [-0.2, 0) is 6.61 Å². The molecule has 0 spiro atoms. The summed E-state index contributed by atoms with van der Waals surface area (Å²) >= 11 is 0.